The Bertz CT molecular complexity index is 867. The molecule has 0 bridgehead atoms. The van der Waals surface area contributed by atoms with E-state index in [0.717, 1.165) is 17.4 Å². The molecule has 0 amide bonds. The molecule has 0 heterocycles. The molecule has 8 heteroatoms. The monoisotopic (exact) mass is 378 g/mol. The molecular weight excluding hydrogens is 355 g/mol. The van der Waals surface area contributed by atoms with Gasteiger partial charge in [0.1, 0.15) is 5.82 Å². The largest absolute Gasteiger partial charge is 0.352 e. The number of guanidine groups is 1. The SMILES string of the molecule is CN=C(NCc1cccc(NS(C)(=O)=O)c1)N(C)Cc1ccc(F)cc1. The van der Waals surface area contributed by atoms with Gasteiger partial charge in [-0.05, 0) is 35.4 Å². The lowest BCUT2D eigenvalue weighted by atomic mass is 10.2. The normalized spacial score (nSPS) is 11.9. The van der Waals surface area contributed by atoms with Crippen LogP contribution in [0, 0.1) is 5.82 Å². The van der Waals surface area contributed by atoms with E-state index in [0.29, 0.717) is 24.7 Å². The van der Waals surface area contributed by atoms with Crippen molar-refractivity contribution in [3.05, 3.63) is 65.5 Å². The molecule has 140 valence electrons. The van der Waals surface area contributed by atoms with E-state index in [1.54, 1.807) is 37.4 Å². The van der Waals surface area contributed by atoms with Gasteiger partial charge in [-0.25, -0.2) is 12.8 Å². The maximum absolute atomic E-state index is 13.0. The van der Waals surface area contributed by atoms with Crippen molar-refractivity contribution in [2.45, 2.75) is 13.1 Å². The topological polar surface area (TPSA) is 73.8 Å². The molecule has 2 aromatic carbocycles. The Labute approximate surface area is 153 Å². The first-order valence-electron chi connectivity index (χ1n) is 8.00. The summed E-state index contributed by atoms with van der Waals surface area (Å²) in [6.07, 6.45) is 1.12. The summed E-state index contributed by atoms with van der Waals surface area (Å²) in [4.78, 5) is 6.17. The van der Waals surface area contributed by atoms with Gasteiger partial charge in [-0.3, -0.25) is 9.71 Å². The van der Waals surface area contributed by atoms with Gasteiger partial charge < -0.3 is 10.2 Å². The molecule has 0 unspecified atom stereocenters. The molecule has 0 saturated carbocycles. The Morgan fingerprint density at radius 3 is 2.46 bits per heavy atom. The minimum absolute atomic E-state index is 0.263. The summed E-state index contributed by atoms with van der Waals surface area (Å²) in [7, 11) is 0.265. The van der Waals surface area contributed by atoms with Crippen molar-refractivity contribution in [2.75, 3.05) is 25.1 Å². The van der Waals surface area contributed by atoms with E-state index < -0.39 is 10.0 Å². The van der Waals surface area contributed by atoms with Crippen LogP contribution in [0.3, 0.4) is 0 Å². The maximum Gasteiger partial charge on any atom is 0.229 e. The second-order valence-corrected chi connectivity index (χ2v) is 7.71. The zero-order valence-corrected chi connectivity index (χ0v) is 15.8. The van der Waals surface area contributed by atoms with Crippen molar-refractivity contribution in [1.29, 1.82) is 0 Å². The van der Waals surface area contributed by atoms with Crippen LogP contribution in [0.5, 0.6) is 0 Å². The molecule has 0 aromatic heterocycles. The Balaban J connectivity index is 1.98. The third kappa shape index (κ3) is 6.36. The highest BCUT2D eigenvalue weighted by Gasteiger charge is 2.08. The Morgan fingerprint density at radius 2 is 1.85 bits per heavy atom. The lowest BCUT2D eigenvalue weighted by Crippen LogP contribution is -2.38. The summed E-state index contributed by atoms with van der Waals surface area (Å²) in [5, 5.41) is 3.23. The summed E-state index contributed by atoms with van der Waals surface area (Å²) >= 11 is 0. The highest BCUT2D eigenvalue weighted by Crippen LogP contribution is 2.12. The van der Waals surface area contributed by atoms with Crippen molar-refractivity contribution in [3.8, 4) is 0 Å². The van der Waals surface area contributed by atoms with E-state index in [9.17, 15) is 12.8 Å². The number of aliphatic imine (C=N–C) groups is 1. The van der Waals surface area contributed by atoms with Crippen LogP contribution < -0.4 is 10.0 Å². The second-order valence-electron chi connectivity index (χ2n) is 5.96. The van der Waals surface area contributed by atoms with Crippen LogP contribution in [0.15, 0.2) is 53.5 Å². The van der Waals surface area contributed by atoms with Gasteiger partial charge in [0.2, 0.25) is 10.0 Å². The number of hydrogen-bond donors (Lipinski definition) is 2. The maximum atomic E-state index is 13.0. The number of nitrogens with zero attached hydrogens (tertiary/aromatic N) is 2. The van der Waals surface area contributed by atoms with Crippen LogP contribution in [-0.2, 0) is 23.1 Å². The summed E-state index contributed by atoms with van der Waals surface area (Å²) in [6.45, 7) is 1.06. The molecule has 0 atom stereocenters. The van der Waals surface area contributed by atoms with Crippen molar-refractivity contribution < 1.29 is 12.8 Å². The Kier molecular flexibility index (Phi) is 6.57. The molecule has 26 heavy (non-hydrogen) atoms. The van der Waals surface area contributed by atoms with Crippen molar-refractivity contribution in [2.24, 2.45) is 4.99 Å². The second kappa shape index (κ2) is 8.66. The molecule has 0 fully saturated rings. The fraction of sp³-hybridized carbons (Fsp3) is 0.278. The molecule has 6 nitrogen and oxygen atoms in total. The minimum Gasteiger partial charge on any atom is -0.352 e. The third-order valence-corrected chi connectivity index (χ3v) is 4.19. The quantitative estimate of drug-likeness (QED) is 0.598. The number of nitrogens with one attached hydrogen (secondary N) is 2. The van der Waals surface area contributed by atoms with Crippen molar-refractivity contribution in [3.63, 3.8) is 0 Å². The molecule has 0 spiro atoms. The van der Waals surface area contributed by atoms with E-state index in [4.69, 9.17) is 0 Å². The third-order valence-electron chi connectivity index (χ3n) is 3.59. The highest BCUT2D eigenvalue weighted by molar-refractivity contribution is 7.92. The summed E-state index contributed by atoms with van der Waals surface area (Å²) in [5.74, 6) is 0.414. The lowest BCUT2D eigenvalue weighted by molar-refractivity contribution is 0.476. The molecule has 0 radical (unpaired) electrons. The van der Waals surface area contributed by atoms with Gasteiger partial charge in [-0.2, -0.15) is 0 Å². The van der Waals surface area contributed by atoms with Crippen LogP contribution in [0.1, 0.15) is 11.1 Å². The van der Waals surface area contributed by atoms with E-state index in [1.807, 2.05) is 18.0 Å². The molecule has 0 aliphatic heterocycles. The van der Waals surface area contributed by atoms with Gasteiger partial charge in [-0.1, -0.05) is 24.3 Å². The smallest absolute Gasteiger partial charge is 0.229 e. The molecule has 2 aromatic rings. The standard InChI is InChI=1S/C18H23FN4O2S/c1-20-18(23(2)13-14-7-9-16(19)10-8-14)21-12-15-5-4-6-17(11-15)22-26(3,24)25/h4-11,22H,12-13H2,1-3H3,(H,20,21). The van der Waals surface area contributed by atoms with Gasteiger partial charge in [0.25, 0.3) is 0 Å². The summed E-state index contributed by atoms with van der Waals surface area (Å²) in [5.41, 5.74) is 2.40. The molecule has 0 saturated heterocycles. The van der Waals surface area contributed by atoms with E-state index in [2.05, 4.69) is 15.0 Å². The molecule has 2 N–H and O–H groups in total. The highest BCUT2D eigenvalue weighted by atomic mass is 32.2. The van der Waals surface area contributed by atoms with Crippen LogP contribution in [0.2, 0.25) is 0 Å². The first kappa shape index (κ1) is 19.7. The number of rotatable bonds is 6. The molecule has 2 rings (SSSR count). The van der Waals surface area contributed by atoms with Gasteiger partial charge in [0.15, 0.2) is 5.96 Å². The number of benzene rings is 2. The first-order chi connectivity index (χ1) is 12.3. The van der Waals surface area contributed by atoms with Crippen LogP contribution >= 0.6 is 0 Å². The van der Waals surface area contributed by atoms with E-state index in [-0.39, 0.29) is 5.82 Å². The lowest BCUT2D eigenvalue weighted by Gasteiger charge is -2.22. The van der Waals surface area contributed by atoms with Crippen molar-refractivity contribution in [1.82, 2.24) is 10.2 Å². The predicted molar refractivity (Wildman–Crippen MR) is 103 cm³/mol. The van der Waals surface area contributed by atoms with Crippen LogP contribution in [-0.4, -0.2) is 39.6 Å². The Morgan fingerprint density at radius 1 is 1.15 bits per heavy atom. The predicted octanol–water partition coefficient (Wildman–Crippen LogP) is 2.40. The van der Waals surface area contributed by atoms with Crippen LogP contribution in [0.4, 0.5) is 10.1 Å². The average Bonchev–Trinajstić information content (AvgIpc) is 2.56. The first-order valence-corrected chi connectivity index (χ1v) is 9.89. The Hall–Kier alpha value is -2.61. The molecule has 0 aliphatic carbocycles. The van der Waals surface area contributed by atoms with Gasteiger partial charge in [0, 0.05) is 32.9 Å². The minimum atomic E-state index is -3.31. The zero-order valence-electron chi connectivity index (χ0n) is 15.0. The van der Waals surface area contributed by atoms with Gasteiger partial charge in [-0.15, -0.1) is 0 Å². The van der Waals surface area contributed by atoms with Crippen LogP contribution in [0.25, 0.3) is 0 Å². The van der Waals surface area contributed by atoms with Gasteiger partial charge in [0.05, 0.1) is 6.26 Å². The van der Waals surface area contributed by atoms with E-state index >= 15 is 0 Å². The zero-order chi connectivity index (χ0) is 19.2. The van der Waals surface area contributed by atoms with E-state index in [1.165, 1.54) is 12.1 Å². The fourth-order valence-electron chi connectivity index (χ4n) is 2.46. The van der Waals surface area contributed by atoms with Crippen molar-refractivity contribution >= 4 is 21.7 Å². The summed E-state index contributed by atoms with van der Waals surface area (Å²) < 4.78 is 38.1. The average molecular weight is 378 g/mol. The number of sulfonamides is 1. The van der Waals surface area contributed by atoms with Gasteiger partial charge >= 0.3 is 0 Å². The number of hydrogen-bond acceptors (Lipinski definition) is 3. The summed E-state index contributed by atoms with van der Waals surface area (Å²) in [6, 6.07) is 13.5. The molecular formula is C18H23FN4O2S. The number of anilines is 1. The number of halogens is 1. The molecule has 0 aliphatic rings. The fourth-order valence-corrected chi connectivity index (χ4v) is 3.02.